The number of halogens is 1. The molecule has 168 valence electrons. The van der Waals surface area contributed by atoms with Gasteiger partial charge >= 0.3 is 0 Å². The second-order valence-corrected chi connectivity index (χ2v) is 8.69. The van der Waals surface area contributed by atoms with Crippen LogP contribution >= 0.6 is 11.6 Å². The summed E-state index contributed by atoms with van der Waals surface area (Å²) in [5.74, 6) is 0.801. The molecule has 0 aliphatic carbocycles. The molecule has 1 aliphatic heterocycles. The van der Waals surface area contributed by atoms with E-state index in [4.69, 9.17) is 16.6 Å². The lowest BCUT2D eigenvalue weighted by Gasteiger charge is -2.31. The number of hydrogen-bond acceptors (Lipinski definition) is 5. The van der Waals surface area contributed by atoms with E-state index in [0.29, 0.717) is 42.5 Å². The van der Waals surface area contributed by atoms with Crippen LogP contribution in [0.3, 0.4) is 0 Å². The zero-order valence-electron chi connectivity index (χ0n) is 17.9. The van der Waals surface area contributed by atoms with E-state index in [-0.39, 0.29) is 22.9 Å². The van der Waals surface area contributed by atoms with Crippen molar-refractivity contribution in [2.24, 2.45) is 0 Å². The molecule has 3 heterocycles. The maximum Gasteiger partial charge on any atom is 0.281 e. The van der Waals surface area contributed by atoms with Crippen molar-refractivity contribution in [2.75, 3.05) is 13.1 Å². The minimum atomic E-state index is -0.303. The predicted molar refractivity (Wildman–Crippen MR) is 125 cm³/mol. The van der Waals surface area contributed by atoms with Gasteiger partial charge in [-0.1, -0.05) is 65.3 Å². The fraction of sp³-hybridized carbons (Fsp3) is 0.292. The molecule has 33 heavy (non-hydrogen) atoms. The van der Waals surface area contributed by atoms with Crippen LogP contribution in [0.2, 0.25) is 5.02 Å². The van der Waals surface area contributed by atoms with Crippen LogP contribution < -0.4 is 5.56 Å². The maximum absolute atomic E-state index is 12.7. The van der Waals surface area contributed by atoms with Crippen LogP contribution in [0.5, 0.6) is 0 Å². The molecule has 1 aliphatic rings. The Bertz CT molecular complexity index is 1340. The molecule has 8 nitrogen and oxygen atoms in total. The Balaban J connectivity index is 1.32. The Hall–Kier alpha value is -3.52. The first-order valence-corrected chi connectivity index (χ1v) is 11.3. The fourth-order valence-corrected chi connectivity index (χ4v) is 4.45. The molecule has 2 aromatic carbocycles. The third kappa shape index (κ3) is 4.52. The van der Waals surface area contributed by atoms with E-state index in [0.717, 1.165) is 24.0 Å². The number of hydrogen-bond donors (Lipinski definition) is 1. The summed E-state index contributed by atoms with van der Waals surface area (Å²) >= 11 is 6.28. The summed E-state index contributed by atoms with van der Waals surface area (Å²) in [6, 6.07) is 17.3. The van der Waals surface area contributed by atoms with Gasteiger partial charge in [0.05, 0.1) is 13.0 Å². The molecule has 2 aromatic heterocycles. The molecule has 0 radical (unpaired) electrons. The number of nitrogens with one attached hydrogen (secondary N) is 1. The second kappa shape index (κ2) is 9.15. The second-order valence-electron chi connectivity index (χ2n) is 8.28. The van der Waals surface area contributed by atoms with Crippen molar-refractivity contribution in [1.29, 1.82) is 0 Å². The summed E-state index contributed by atoms with van der Waals surface area (Å²) < 4.78 is 1.60. The van der Waals surface area contributed by atoms with Crippen molar-refractivity contribution in [3.8, 4) is 0 Å². The number of amides is 1. The summed E-state index contributed by atoms with van der Waals surface area (Å²) in [4.78, 5) is 34.8. The third-order valence-electron chi connectivity index (χ3n) is 6.10. The molecule has 1 saturated heterocycles. The highest BCUT2D eigenvalue weighted by atomic mass is 35.5. The molecule has 0 saturated carbocycles. The van der Waals surface area contributed by atoms with Crippen molar-refractivity contribution in [1.82, 2.24) is 29.9 Å². The molecule has 9 heteroatoms. The number of H-pyrrole nitrogens is 1. The van der Waals surface area contributed by atoms with Gasteiger partial charge in [-0.3, -0.25) is 9.59 Å². The third-order valence-corrected chi connectivity index (χ3v) is 6.47. The smallest absolute Gasteiger partial charge is 0.281 e. The summed E-state index contributed by atoms with van der Waals surface area (Å²) in [5.41, 5.74) is 2.24. The van der Waals surface area contributed by atoms with Crippen LogP contribution in [0.15, 0.2) is 59.4 Å². The number of aromatic nitrogens is 5. The highest BCUT2D eigenvalue weighted by molar-refractivity contribution is 6.31. The first-order valence-electron chi connectivity index (χ1n) is 11.0. The maximum atomic E-state index is 12.7. The Morgan fingerprint density at radius 1 is 1.06 bits per heavy atom. The number of aromatic amines is 1. The van der Waals surface area contributed by atoms with Gasteiger partial charge in [-0.2, -0.15) is 0 Å². The van der Waals surface area contributed by atoms with E-state index in [1.807, 2.05) is 59.5 Å². The number of nitrogens with zero attached hydrogens (tertiary/aromatic N) is 5. The van der Waals surface area contributed by atoms with Crippen LogP contribution in [-0.4, -0.2) is 48.9 Å². The van der Waals surface area contributed by atoms with Crippen molar-refractivity contribution >= 4 is 28.7 Å². The largest absolute Gasteiger partial charge is 0.342 e. The lowest BCUT2D eigenvalue weighted by Crippen LogP contribution is -2.39. The van der Waals surface area contributed by atoms with Gasteiger partial charge in [0.1, 0.15) is 5.82 Å². The number of likely N-dealkylation sites (tertiary alicyclic amines) is 1. The van der Waals surface area contributed by atoms with Crippen molar-refractivity contribution in [2.45, 2.75) is 31.7 Å². The van der Waals surface area contributed by atoms with Gasteiger partial charge < -0.3 is 9.88 Å². The summed E-state index contributed by atoms with van der Waals surface area (Å²) in [6.45, 7) is 1.64. The van der Waals surface area contributed by atoms with Gasteiger partial charge in [-0.15, -0.1) is 5.10 Å². The Labute approximate surface area is 195 Å². The lowest BCUT2D eigenvalue weighted by atomic mass is 9.95. The van der Waals surface area contributed by atoms with E-state index < -0.39 is 0 Å². The van der Waals surface area contributed by atoms with Crippen LogP contribution in [0, 0.1) is 0 Å². The minimum absolute atomic E-state index is 0.0616. The summed E-state index contributed by atoms with van der Waals surface area (Å²) in [6.07, 6.45) is 1.88. The highest BCUT2D eigenvalue weighted by Gasteiger charge is 2.26. The normalized spacial score (nSPS) is 14.6. The number of piperidine rings is 1. The Morgan fingerprint density at radius 3 is 2.55 bits per heavy atom. The molecule has 0 unspecified atom stereocenters. The average molecular weight is 463 g/mol. The summed E-state index contributed by atoms with van der Waals surface area (Å²) in [5, 5.41) is 8.77. The Kier molecular flexibility index (Phi) is 5.92. The zero-order chi connectivity index (χ0) is 22.8. The molecule has 1 N–H and O–H groups in total. The minimum Gasteiger partial charge on any atom is -0.342 e. The number of rotatable bonds is 5. The highest BCUT2D eigenvalue weighted by Crippen LogP contribution is 2.26. The molecule has 0 atom stereocenters. The molecule has 0 spiro atoms. The number of fused-ring (bicyclic) bond motifs is 1. The topological polar surface area (TPSA) is 96.8 Å². The Morgan fingerprint density at radius 2 is 1.79 bits per heavy atom. The van der Waals surface area contributed by atoms with Crippen molar-refractivity contribution in [3.63, 3.8) is 0 Å². The predicted octanol–water partition coefficient (Wildman–Crippen LogP) is 3.17. The number of benzene rings is 2. The molecule has 5 rings (SSSR count). The van der Waals surface area contributed by atoms with E-state index in [2.05, 4.69) is 15.3 Å². The summed E-state index contributed by atoms with van der Waals surface area (Å²) in [7, 11) is 0. The van der Waals surface area contributed by atoms with E-state index in [9.17, 15) is 9.59 Å². The first kappa shape index (κ1) is 21.3. The standard InChI is InChI=1S/C24H23ClN6O2/c25-19-9-5-4-8-18(19)15-31-23-21(28-29-31)24(33)27-22(26-23)17-10-12-30(13-11-17)20(32)14-16-6-2-1-3-7-16/h1-9,17H,10-15H2,(H,26,27,33). The zero-order valence-corrected chi connectivity index (χ0v) is 18.7. The lowest BCUT2D eigenvalue weighted by molar-refractivity contribution is -0.131. The van der Waals surface area contributed by atoms with Crippen LogP contribution in [-0.2, 0) is 17.8 Å². The SMILES string of the molecule is O=C(Cc1ccccc1)N1CCC(c2nc3c(nnn3Cc3ccccc3Cl)c(=O)[nH]2)CC1. The van der Waals surface area contributed by atoms with E-state index in [1.54, 1.807) is 4.68 Å². The molecular weight excluding hydrogens is 440 g/mol. The van der Waals surface area contributed by atoms with Crippen LogP contribution in [0.25, 0.3) is 11.2 Å². The van der Waals surface area contributed by atoms with Gasteiger partial charge in [0.2, 0.25) is 5.91 Å². The van der Waals surface area contributed by atoms with Crippen LogP contribution in [0.1, 0.15) is 35.7 Å². The quantitative estimate of drug-likeness (QED) is 0.491. The average Bonchev–Trinajstić information content (AvgIpc) is 3.24. The first-order chi connectivity index (χ1) is 16.1. The van der Waals surface area contributed by atoms with Crippen LogP contribution in [0.4, 0.5) is 0 Å². The van der Waals surface area contributed by atoms with Gasteiger partial charge in [0.15, 0.2) is 11.2 Å². The molecule has 4 aromatic rings. The molecule has 1 amide bonds. The fourth-order valence-electron chi connectivity index (χ4n) is 4.26. The van der Waals surface area contributed by atoms with E-state index in [1.165, 1.54) is 0 Å². The monoisotopic (exact) mass is 462 g/mol. The molecule has 0 bridgehead atoms. The van der Waals surface area contributed by atoms with Gasteiger partial charge in [0, 0.05) is 24.0 Å². The molecular formula is C24H23ClN6O2. The van der Waals surface area contributed by atoms with Crippen molar-refractivity contribution in [3.05, 3.63) is 86.9 Å². The number of carbonyl (C=O) groups is 1. The van der Waals surface area contributed by atoms with Gasteiger partial charge in [-0.25, -0.2) is 9.67 Å². The van der Waals surface area contributed by atoms with E-state index >= 15 is 0 Å². The van der Waals surface area contributed by atoms with Gasteiger partial charge in [-0.05, 0) is 30.0 Å². The number of carbonyl (C=O) groups excluding carboxylic acids is 1. The van der Waals surface area contributed by atoms with Crippen molar-refractivity contribution < 1.29 is 4.79 Å². The molecule has 1 fully saturated rings. The van der Waals surface area contributed by atoms with Gasteiger partial charge in [0.25, 0.3) is 5.56 Å².